The van der Waals surface area contributed by atoms with Crippen molar-refractivity contribution in [1.82, 2.24) is 4.98 Å². The number of rotatable bonds is 3. The van der Waals surface area contributed by atoms with Crippen LogP contribution in [-0.4, -0.2) is 10.5 Å². The fourth-order valence-corrected chi connectivity index (χ4v) is 1.13. The highest BCUT2D eigenvalue weighted by Crippen LogP contribution is 2.25. The SMILES string of the molecule is CC.[C-]#[N+]C(C#N)(CC=C)C(C)C#N.c1ccncc1. The molecule has 4 heteroatoms. The van der Waals surface area contributed by atoms with E-state index >= 15 is 0 Å². The quantitative estimate of drug-likeness (QED) is 0.614. The average molecular weight is 268 g/mol. The van der Waals surface area contributed by atoms with E-state index in [1.807, 2.05) is 44.2 Å². The van der Waals surface area contributed by atoms with E-state index in [9.17, 15) is 0 Å². The molecule has 2 unspecified atom stereocenters. The molecule has 104 valence electrons. The first-order valence-electron chi connectivity index (χ1n) is 6.32. The van der Waals surface area contributed by atoms with E-state index in [1.165, 1.54) is 6.08 Å². The zero-order chi connectivity index (χ0) is 15.9. The highest BCUT2D eigenvalue weighted by Gasteiger charge is 2.42. The van der Waals surface area contributed by atoms with Gasteiger partial charge in [-0.3, -0.25) is 9.83 Å². The number of nitrogens with zero attached hydrogens (tertiary/aromatic N) is 4. The van der Waals surface area contributed by atoms with Crippen molar-refractivity contribution in [2.75, 3.05) is 0 Å². The van der Waals surface area contributed by atoms with Gasteiger partial charge in [0.25, 0.3) is 0 Å². The molecule has 0 aliphatic heterocycles. The maximum atomic E-state index is 8.75. The lowest BCUT2D eigenvalue weighted by atomic mass is 9.85. The average Bonchev–Trinajstić information content (AvgIpc) is 2.56. The molecule has 0 spiro atoms. The van der Waals surface area contributed by atoms with Crippen LogP contribution < -0.4 is 0 Å². The van der Waals surface area contributed by atoms with E-state index in [-0.39, 0.29) is 6.42 Å². The third-order valence-electron chi connectivity index (χ3n) is 2.33. The molecule has 0 saturated heterocycles. The molecule has 0 radical (unpaired) electrons. The van der Waals surface area contributed by atoms with E-state index < -0.39 is 11.5 Å². The summed E-state index contributed by atoms with van der Waals surface area (Å²) in [6, 6.07) is 9.49. The van der Waals surface area contributed by atoms with Crippen LogP contribution in [0, 0.1) is 35.2 Å². The number of hydrogen-bond donors (Lipinski definition) is 0. The lowest BCUT2D eigenvalue weighted by Gasteiger charge is -2.13. The van der Waals surface area contributed by atoms with Crippen LogP contribution in [0.1, 0.15) is 27.2 Å². The first-order chi connectivity index (χ1) is 9.66. The summed E-state index contributed by atoms with van der Waals surface area (Å²) in [7, 11) is 0. The van der Waals surface area contributed by atoms with Crippen molar-refractivity contribution in [3.05, 3.63) is 54.7 Å². The molecule has 1 rings (SSSR count). The summed E-state index contributed by atoms with van der Waals surface area (Å²) < 4.78 is 0. The minimum atomic E-state index is -1.24. The third kappa shape index (κ3) is 6.94. The second-order valence-corrected chi connectivity index (χ2v) is 3.52. The molecule has 1 aromatic heterocycles. The number of nitriles is 2. The van der Waals surface area contributed by atoms with Gasteiger partial charge in [-0.05, 0) is 19.1 Å². The summed E-state index contributed by atoms with van der Waals surface area (Å²) in [5, 5.41) is 17.3. The molecule has 4 nitrogen and oxygen atoms in total. The largest absolute Gasteiger partial charge is 0.334 e. The lowest BCUT2D eigenvalue weighted by Crippen LogP contribution is -2.29. The van der Waals surface area contributed by atoms with Gasteiger partial charge in [0.2, 0.25) is 0 Å². The zero-order valence-electron chi connectivity index (χ0n) is 12.2. The van der Waals surface area contributed by atoms with Crippen LogP contribution in [0.5, 0.6) is 0 Å². The van der Waals surface area contributed by atoms with Crippen molar-refractivity contribution in [3.8, 4) is 12.1 Å². The fraction of sp³-hybridized carbons (Fsp3) is 0.375. The Morgan fingerprint density at radius 2 is 1.90 bits per heavy atom. The van der Waals surface area contributed by atoms with Gasteiger partial charge in [0, 0.05) is 12.4 Å². The Kier molecular flexibility index (Phi) is 12.6. The molecular weight excluding hydrogens is 248 g/mol. The molecule has 0 aliphatic carbocycles. The Balaban J connectivity index is 0. The van der Waals surface area contributed by atoms with Crippen molar-refractivity contribution >= 4 is 0 Å². The molecule has 20 heavy (non-hydrogen) atoms. The topological polar surface area (TPSA) is 64.8 Å². The van der Waals surface area contributed by atoms with Crippen LogP contribution in [0.15, 0.2) is 43.2 Å². The molecule has 0 amide bonds. The van der Waals surface area contributed by atoms with E-state index in [2.05, 4.69) is 16.4 Å². The van der Waals surface area contributed by atoms with Gasteiger partial charge in [-0.1, -0.05) is 26.0 Å². The van der Waals surface area contributed by atoms with E-state index in [0.29, 0.717) is 0 Å². The summed E-state index contributed by atoms with van der Waals surface area (Å²) in [4.78, 5) is 6.98. The van der Waals surface area contributed by atoms with Gasteiger partial charge in [-0.2, -0.15) is 10.5 Å². The molecule has 1 aromatic rings. The fourth-order valence-electron chi connectivity index (χ4n) is 1.13. The second-order valence-electron chi connectivity index (χ2n) is 3.52. The molecule has 0 aromatic carbocycles. The number of hydrogen-bond acceptors (Lipinski definition) is 3. The maximum absolute atomic E-state index is 8.75. The number of pyridine rings is 1. The summed E-state index contributed by atoms with van der Waals surface area (Å²) in [6.07, 6.45) is 5.23. The minimum Gasteiger partial charge on any atom is -0.292 e. The predicted octanol–water partition coefficient (Wildman–Crippen LogP) is 4.01. The van der Waals surface area contributed by atoms with Crippen molar-refractivity contribution < 1.29 is 0 Å². The molecule has 0 fully saturated rings. The highest BCUT2D eigenvalue weighted by molar-refractivity contribution is 5.23. The van der Waals surface area contributed by atoms with E-state index in [0.717, 1.165) is 0 Å². The normalized spacial score (nSPS) is 12.2. The highest BCUT2D eigenvalue weighted by atomic mass is 14.8. The van der Waals surface area contributed by atoms with Crippen molar-refractivity contribution in [2.24, 2.45) is 5.92 Å². The second kappa shape index (κ2) is 12.8. The monoisotopic (exact) mass is 268 g/mol. The standard InChI is InChI=1S/C9H9N3.C5H5N.C2H6/c1-4-5-9(7-11,12-3)8(2)6-10;1-2-4-6-5-3-1;1-2/h4,8H,1,5H2,2H3;1-5H;1-2H3. The Bertz CT molecular complexity index is 433. The van der Waals surface area contributed by atoms with Crippen molar-refractivity contribution in [1.29, 1.82) is 10.5 Å². The van der Waals surface area contributed by atoms with Crippen molar-refractivity contribution in [3.63, 3.8) is 0 Å². The summed E-state index contributed by atoms with van der Waals surface area (Å²) in [5.74, 6) is -0.585. The summed E-state index contributed by atoms with van der Waals surface area (Å²) in [6.45, 7) is 15.9. The number of aromatic nitrogens is 1. The minimum absolute atomic E-state index is 0.238. The van der Waals surface area contributed by atoms with Gasteiger partial charge in [0.15, 0.2) is 6.07 Å². The Morgan fingerprint density at radius 1 is 1.35 bits per heavy atom. The Hall–Kier alpha value is -2.64. The van der Waals surface area contributed by atoms with E-state index in [4.69, 9.17) is 17.1 Å². The van der Waals surface area contributed by atoms with Gasteiger partial charge in [0.1, 0.15) is 5.92 Å². The molecular formula is C16H20N4. The molecule has 0 bridgehead atoms. The molecule has 0 aliphatic rings. The molecule has 0 saturated carbocycles. The van der Waals surface area contributed by atoms with Gasteiger partial charge < -0.3 is 0 Å². The van der Waals surface area contributed by atoms with Crippen LogP contribution in [0.4, 0.5) is 0 Å². The summed E-state index contributed by atoms with van der Waals surface area (Å²) in [5.41, 5.74) is -1.24. The summed E-state index contributed by atoms with van der Waals surface area (Å²) >= 11 is 0. The van der Waals surface area contributed by atoms with Crippen LogP contribution in [0.25, 0.3) is 4.85 Å². The first kappa shape index (κ1) is 19.7. The maximum Gasteiger partial charge on any atom is 0.334 e. The Labute approximate surface area is 121 Å². The predicted molar refractivity (Wildman–Crippen MR) is 80.1 cm³/mol. The first-order valence-corrected chi connectivity index (χ1v) is 6.32. The van der Waals surface area contributed by atoms with Crippen LogP contribution in [0.2, 0.25) is 0 Å². The van der Waals surface area contributed by atoms with Crippen LogP contribution in [-0.2, 0) is 0 Å². The van der Waals surface area contributed by atoms with Crippen molar-refractivity contribution in [2.45, 2.75) is 32.7 Å². The Morgan fingerprint density at radius 3 is 2.10 bits per heavy atom. The zero-order valence-corrected chi connectivity index (χ0v) is 12.2. The third-order valence-corrected chi connectivity index (χ3v) is 2.33. The van der Waals surface area contributed by atoms with Gasteiger partial charge >= 0.3 is 5.54 Å². The van der Waals surface area contributed by atoms with Gasteiger partial charge in [-0.25, -0.2) is 6.57 Å². The van der Waals surface area contributed by atoms with Gasteiger partial charge in [-0.15, -0.1) is 6.58 Å². The van der Waals surface area contributed by atoms with Crippen LogP contribution >= 0.6 is 0 Å². The lowest BCUT2D eigenvalue weighted by molar-refractivity contribution is 0.516. The molecule has 1 heterocycles. The van der Waals surface area contributed by atoms with Gasteiger partial charge in [0.05, 0.1) is 12.5 Å². The van der Waals surface area contributed by atoms with E-state index in [1.54, 1.807) is 19.3 Å². The molecule has 2 atom stereocenters. The smallest absolute Gasteiger partial charge is 0.292 e. The van der Waals surface area contributed by atoms with Crippen LogP contribution in [0.3, 0.4) is 0 Å². The molecule has 0 N–H and O–H groups in total.